The van der Waals surface area contributed by atoms with Crippen LogP contribution in [0.3, 0.4) is 0 Å². The van der Waals surface area contributed by atoms with Crippen molar-refractivity contribution in [2.45, 2.75) is 13.3 Å². The Morgan fingerprint density at radius 2 is 1.93 bits per heavy atom. The van der Waals surface area contributed by atoms with E-state index in [9.17, 15) is 14.7 Å². The second kappa shape index (κ2) is 10.6. The van der Waals surface area contributed by atoms with E-state index in [2.05, 4.69) is 10.5 Å². The first kappa shape index (κ1) is 20.8. The van der Waals surface area contributed by atoms with Crippen molar-refractivity contribution in [3.8, 4) is 17.2 Å². The Hall–Kier alpha value is -3.55. The number of nitrogens with zero attached hydrogens (tertiary/aromatic N) is 1. The van der Waals surface area contributed by atoms with Crippen molar-refractivity contribution in [3.63, 3.8) is 0 Å². The molecule has 2 aromatic carbocycles. The van der Waals surface area contributed by atoms with Gasteiger partial charge in [-0.25, -0.2) is 10.2 Å². The Kier molecular flexibility index (Phi) is 7.83. The van der Waals surface area contributed by atoms with Gasteiger partial charge in [-0.1, -0.05) is 13.0 Å². The van der Waals surface area contributed by atoms with Crippen molar-refractivity contribution in [1.29, 1.82) is 0 Å². The van der Waals surface area contributed by atoms with Crippen molar-refractivity contribution in [2.75, 3.05) is 20.3 Å². The number of ether oxygens (including phenoxy) is 3. The number of nitrogens with one attached hydrogen (secondary N) is 1. The number of esters is 1. The maximum Gasteiger partial charge on any atom is 0.338 e. The summed E-state index contributed by atoms with van der Waals surface area (Å²) in [6.07, 6.45) is 2.05. The maximum atomic E-state index is 11.8. The van der Waals surface area contributed by atoms with E-state index in [0.717, 1.165) is 6.42 Å². The number of phenols is 1. The van der Waals surface area contributed by atoms with Crippen molar-refractivity contribution in [1.82, 2.24) is 5.43 Å². The molecule has 0 aliphatic rings. The molecule has 0 bridgehead atoms. The first-order valence-corrected chi connectivity index (χ1v) is 8.63. The molecule has 0 heterocycles. The van der Waals surface area contributed by atoms with E-state index in [-0.39, 0.29) is 12.4 Å². The van der Waals surface area contributed by atoms with Gasteiger partial charge in [-0.2, -0.15) is 5.10 Å². The Morgan fingerprint density at radius 3 is 2.61 bits per heavy atom. The number of rotatable bonds is 9. The Labute approximate surface area is 162 Å². The number of carbonyl (C=O) groups is 2. The standard InChI is InChI=1S/C20H22N2O6/c1-3-11-27-20(25)14-7-9-16(10-8-14)28-13-18(23)22-21-12-15-5-4-6-17(26-2)19(15)24/h4-10,12,24H,3,11,13H2,1-2H3,(H,22,23). The summed E-state index contributed by atoms with van der Waals surface area (Å²) in [6, 6.07) is 11.2. The number of hydrazone groups is 1. The SMILES string of the molecule is CCCOC(=O)c1ccc(OCC(=O)NN=Cc2cccc(OC)c2O)cc1. The lowest BCUT2D eigenvalue weighted by atomic mass is 10.2. The highest BCUT2D eigenvalue weighted by Crippen LogP contribution is 2.27. The zero-order chi connectivity index (χ0) is 20.4. The summed E-state index contributed by atoms with van der Waals surface area (Å²) in [5, 5.41) is 13.7. The molecule has 1 amide bonds. The van der Waals surface area contributed by atoms with E-state index in [4.69, 9.17) is 14.2 Å². The van der Waals surface area contributed by atoms with Crippen LogP contribution in [0.4, 0.5) is 0 Å². The molecule has 2 aromatic rings. The summed E-state index contributed by atoms with van der Waals surface area (Å²) < 4.78 is 15.4. The molecule has 2 rings (SSSR count). The maximum absolute atomic E-state index is 11.8. The number of benzene rings is 2. The molecule has 0 radical (unpaired) electrons. The van der Waals surface area contributed by atoms with E-state index in [1.54, 1.807) is 42.5 Å². The lowest BCUT2D eigenvalue weighted by Crippen LogP contribution is -2.24. The molecule has 8 heteroatoms. The number of methoxy groups -OCH3 is 1. The monoisotopic (exact) mass is 386 g/mol. The summed E-state index contributed by atoms with van der Waals surface area (Å²) in [6.45, 7) is 2.02. The van der Waals surface area contributed by atoms with Gasteiger partial charge in [-0.3, -0.25) is 4.79 Å². The van der Waals surface area contributed by atoms with Crippen molar-refractivity contribution < 1.29 is 28.9 Å². The Bertz CT molecular complexity index is 833. The first-order chi connectivity index (χ1) is 13.5. The van der Waals surface area contributed by atoms with Crippen LogP contribution in [0.2, 0.25) is 0 Å². The van der Waals surface area contributed by atoms with E-state index in [1.807, 2.05) is 6.92 Å². The smallest absolute Gasteiger partial charge is 0.338 e. The fourth-order valence-electron chi connectivity index (χ4n) is 2.13. The minimum Gasteiger partial charge on any atom is -0.504 e. The molecule has 0 spiro atoms. The lowest BCUT2D eigenvalue weighted by Gasteiger charge is -2.07. The number of phenolic OH excluding ortho intramolecular Hbond substituents is 1. The molecular formula is C20H22N2O6. The highest BCUT2D eigenvalue weighted by molar-refractivity contribution is 5.89. The molecule has 0 aliphatic heterocycles. The fraction of sp³-hybridized carbons (Fsp3) is 0.250. The largest absolute Gasteiger partial charge is 0.504 e. The Balaban J connectivity index is 1.82. The van der Waals surface area contributed by atoms with Gasteiger partial charge in [0.05, 0.1) is 25.5 Å². The molecule has 0 saturated heterocycles. The van der Waals surface area contributed by atoms with Gasteiger partial charge in [-0.05, 0) is 42.8 Å². The molecule has 2 N–H and O–H groups in total. The average molecular weight is 386 g/mol. The lowest BCUT2D eigenvalue weighted by molar-refractivity contribution is -0.123. The van der Waals surface area contributed by atoms with Gasteiger partial charge in [0.2, 0.25) is 0 Å². The second-order valence-electron chi connectivity index (χ2n) is 5.64. The molecule has 148 valence electrons. The number of para-hydroxylation sites is 1. The predicted octanol–water partition coefficient (Wildman–Crippen LogP) is 2.50. The molecule has 0 aromatic heterocycles. The second-order valence-corrected chi connectivity index (χ2v) is 5.64. The molecule has 8 nitrogen and oxygen atoms in total. The summed E-state index contributed by atoms with van der Waals surface area (Å²) in [5.74, 6) is -0.222. The molecule has 0 saturated carbocycles. The molecule has 0 atom stereocenters. The normalized spacial score (nSPS) is 10.5. The van der Waals surface area contributed by atoms with Crippen molar-refractivity contribution >= 4 is 18.1 Å². The van der Waals surface area contributed by atoms with E-state index in [1.165, 1.54) is 13.3 Å². The third-order valence-electron chi connectivity index (χ3n) is 3.54. The molecule has 0 unspecified atom stereocenters. The molecule has 0 aliphatic carbocycles. The molecule has 0 fully saturated rings. The van der Waals surface area contributed by atoms with Gasteiger partial charge in [0.25, 0.3) is 5.91 Å². The minimum absolute atomic E-state index is 0.0724. The van der Waals surface area contributed by atoms with Gasteiger partial charge in [-0.15, -0.1) is 0 Å². The summed E-state index contributed by atoms with van der Waals surface area (Å²) in [7, 11) is 1.44. The first-order valence-electron chi connectivity index (χ1n) is 8.63. The quantitative estimate of drug-likeness (QED) is 0.390. The van der Waals surface area contributed by atoms with Crippen LogP contribution in [0.15, 0.2) is 47.6 Å². The van der Waals surface area contributed by atoms with Crippen LogP contribution < -0.4 is 14.9 Å². The van der Waals surface area contributed by atoms with Crippen LogP contribution in [0.1, 0.15) is 29.3 Å². The highest BCUT2D eigenvalue weighted by atomic mass is 16.5. The van der Waals surface area contributed by atoms with Crippen LogP contribution in [0, 0.1) is 0 Å². The van der Waals surface area contributed by atoms with Crippen LogP contribution >= 0.6 is 0 Å². The van der Waals surface area contributed by atoms with Gasteiger partial charge in [0, 0.05) is 5.56 Å². The van der Waals surface area contributed by atoms with E-state index < -0.39 is 11.9 Å². The average Bonchev–Trinajstić information content (AvgIpc) is 2.72. The minimum atomic E-state index is -0.481. The topological polar surface area (TPSA) is 106 Å². The zero-order valence-electron chi connectivity index (χ0n) is 15.7. The van der Waals surface area contributed by atoms with Crippen LogP contribution in [-0.4, -0.2) is 43.5 Å². The van der Waals surface area contributed by atoms with Gasteiger partial charge in [0.1, 0.15) is 5.75 Å². The number of carbonyl (C=O) groups excluding carboxylic acids is 2. The summed E-state index contributed by atoms with van der Waals surface area (Å²) >= 11 is 0. The molecule has 28 heavy (non-hydrogen) atoms. The van der Waals surface area contributed by atoms with E-state index >= 15 is 0 Å². The number of aromatic hydroxyl groups is 1. The summed E-state index contributed by atoms with van der Waals surface area (Å²) in [4.78, 5) is 23.5. The number of hydrogen-bond donors (Lipinski definition) is 2. The molecular weight excluding hydrogens is 364 g/mol. The fourth-order valence-corrected chi connectivity index (χ4v) is 2.13. The third-order valence-corrected chi connectivity index (χ3v) is 3.54. The highest BCUT2D eigenvalue weighted by Gasteiger charge is 2.08. The van der Waals surface area contributed by atoms with E-state index in [0.29, 0.717) is 29.2 Å². The third kappa shape index (κ3) is 6.01. The Morgan fingerprint density at radius 1 is 1.18 bits per heavy atom. The van der Waals surface area contributed by atoms with Crippen LogP contribution in [-0.2, 0) is 9.53 Å². The van der Waals surface area contributed by atoms with Crippen molar-refractivity contribution in [2.24, 2.45) is 5.10 Å². The van der Waals surface area contributed by atoms with Crippen LogP contribution in [0.25, 0.3) is 0 Å². The number of amides is 1. The van der Waals surface area contributed by atoms with Gasteiger partial charge >= 0.3 is 5.97 Å². The summed E-state index contributed by atoms with van der Waals surface area (Å²) in [5.41, 5.74) is 3.10. The zero-order valence-corrected chi connectivity index (χ0v) is 15.7. The van der Waals surface area contributed by atoms with Gasteiger partial charge in [0.15, 0.2) is 18.1 Å². The predicted molar refractivity (Wildman–Crippen MR) is 103 cm³/mol. The number of hydrogen-bond acceptors (Lipinski definition) is 7. The van der Waals surface area contributed by atoms with Gasteiger partial charge < -0.3 is 19.3 Å². The van der Waals surface area contributed by atoms with Crippen LogP contribution in [0.5, 0.6) is 17.2 Å². The van der Waals surface area contributed by atoms with Crippen molar-refractivity contribution in [3.05, 3.63) is 53.6 Å².